The first-order chi connectivity index (χ1) is 9.16. The molecule has 8 nitrogen and oxygen atoms in total. The maximum Gasteiger partial charge on any atom is 0.313 e. The topological polar surface area (TPSA) is 106 Å². The number of rotatable bonds is 6. The lowest BCUT2D eigenvalue weighted by molar-refractivity contribution is -0.133. The molecule has 1 fully saturated rings. The Morgan fingerprint density at radius 2 is 2.11 bits per heavy atom. The highest BCUT2D eigenvalue weighted by molar-refractivity contribution is 7.99. The molecule has 0 radical (unpaired) electrons. The molecule has 0 bridgehead atoms. The van der Waals surface area contributed by atoms with E-state index in [4.69, 9.17) is 15.6 Å². The summed E-state index contributed by atoms with van der Waals surface area (Å²) in [5.74, 6) is -0.608. The average Bonchev–Trinajstić information content (AvgIpc) is 2.76. The number of aromatic nitrogens is 3. The van der Waals surface area contributed by atoms with E-state index in [0.29, 0.717) is 17.6 Å². The smallest absolute Gasteiger partial charge is 0.313 e. The van der Waals surface area contributed by atoms with E-state index in [-0.39, 0.29) is 5.75 Å². The zero-order valence-electron chi connectivity index (χ0n) is 10.5. The molecule has 19 heavy (non-hydrogen) atoms. The summed E-state index contributed by atoms with van der Waals surface area (Å²) in [4.78, 5) is 12.8. The van der Waals surface area contributed by atoms with E-state index in [1.165, 1.54) is 0 Å². The summed E-state index contributed by atoms with van der Waals surface area (Å²) in [6, 6.07) is 0. The third kappa shape index (κ3) is 4.08. The molecule has 106 valence electrons. The Hall–Kier alpha value is -1.32. The van der Waals surface area contributed by atoms with E-state index in [1.54, 1.807) is 4.57 Å². The van der Waals surface area contributed by atoms with Crippen molar-refractivity contribution in [3.63, 3.8) is 0 Å². The second-order valence-corrected chi connectivity index (χ2v) is 5.07. The minimum absolute atomic E-state index is 0.0459. The number of nitrogens with two attached hydrogens (primary N) is 1. The van der Waals surface area contributed by atoms with E-state index in [0.717, 1.165) is 44.6 Å². The second-order valence-electron chi connectivity index (χ2n) is 4.13. The normalized spacial score (nSPS) is 16.6. The lowest BCUT2D eigenvalue weighted by Gasteiger charge is -2.26. The van der Waals surface area contributed by atoms with Crippen molar-refractivity contribution in [2.75, 3.05) is 44.3 Å². The van der Waals surface area contributed by atoms with Crippen molar-refractivity contribution in [1.82, 2.24) is 19.7 Å². The quantitative estimate of drug-likeness (QED) is 0.666. The van der Waals surface area contributed by atoms with Crippen LogP contribution in [-0.2, 0) is 16.1 Å². The average molecular weight is 287 g/mol. The van der Waals surface area contributed by atoms with Crippen LogP contribution in [0.5, 0.6) is 0 Å². The molecule has 9 heteroatoms. The van der Waals surface area contributed by atoms with Crippen LogP contribution in [0, 0.1) is 0 Å². The molecule has 0 atom stereocenters. The van der Waals surface area contributed by atoms with Gasteiger partial charge in [-0.2, -0.15) is 0 Å². The van der Waals surface area contributed by atoms with E-state index < -0.39 is 5.97 Å². The molecule has 1 aliphatic rings. The molecule has 2 heterocycles. The Balaban J connectivity index is 1.90. The fourth-order valence-corrected chi connectivity index (χ4v) is 2.50. The van der Waals surface area contributed by atoms with Crippen LogP contribution in [0.25, 0.3) is 0 Å². The van der Waals surface area contributed by atoms with Crippen LogP contribution in [-0.4, -0.2) is 69.3 Å². The Morgan fingerprint density at radius 3 is 2.79 bits per heavy atom. The molecule has 0 aliphatic carbocycles. The van der Waals surface area contributed by atoms with Crippen molar-refractivity contribution in [3.8, 4) is 0 Å². The van der Waals surface area contributed by atoms with Gasteiger partial charge < -0.3 is 15.6 Å². The highest BCUT2D eigenvalue weighted by Crippen LogP contribution is 2.17. The number of thioether (sulfide) groups is 1. The molecule has 0 saturated carbocycles. The molecule has 0 unspecified atom stereocenters. The van der Waals surface area contributed by atoms with Gasteiger partial charge in [0, 0.05) is 26.2 Å². The van der Waals surface area contributed by atoms with E-state index >= 15 is 0 Å². The van der Waals surface area contributed by atoms with Crippen molar-refractivity contribution >= 4 is 23.7 Å². The van der Waals surface area contributed by atoms with Gasteiger partial charge in [-0.15, -0.1) is 10.2 Å². The predicted octanol–water partition coefficient (Wildman–Crippen LogP) is -0.631. The number of anilines is 1. The summed E-state index contributed by atoms with van der Waals surface area (Å²) in [5.41, 5.74) is 5.75. The van der Waals surface area contributed by atoms with Crippen molar-refractivity contribution in [3.05, 3.63) is 0 Å². The van der Waals surface area contributed by atoms with Gasteiger partial charge in [0.25, 0.3) is 0 Å². The minimum Gasteiger partial charge on any atom is -0.481 e. The number of nitrogen functional groups attached to an aromatic ring is 1. The Labute approximate surface area is 114 Å². The zero-order chi connectivity index (χ0) is 13.7. The van der Waals surface area contributed by atoms with Gasteiger partial charge in [-0.1, -0.05) is 11.8 Å². The number of aliphatic carboxylic acids is 1. The molecule has 1 aromatic rings. The summed E-state index contributed by atoms with van der Waals surface area (Å²) in [6.45, 7) is 4.78. The fraction of sp³-hybridized carbons (Fsp3) is 0.700. The Morgan fingerprint density at radius 1 is 1.37 bits per heavy atom. The number of carboxylic acids is 1. The second kappa shape index (κ2) is 6.73. The molecule has 0 amide bonds. The molecule has 2 rings (SSSR count). The van der Waals surface area contributed by atoms with Gasteiger partial charge >= 0.3 is 5.97 Å². The summed E-state index contributed by atoms with van der Waals surface area (Å²) in [6.07, 6.45) is 0. The number of morpholine rings is 1. The van der Waals surface area contributed by atoms with E-state index in [1.807, 2.05) is 0 Å². The van der Waals surface area contributed by atoms with Gasteiger partial charge in [-0.3, -0.25) is 14.3 Å². The molecule has 0 aromatic carbocycles. The maximum atomic E-state index is 10.6. The van der Waals surface area contributed by atoms with Crippen LogP contribution in [0.4, 0.5) is 5.95 Å². The van der Waals surface area contributed by atoms with Gasteiger partial charge in [0.05, 0.1) is 19.0 Å². The molecule has 1 aliphatic heterocycles. The number of carboxylic acid groups (broad SMARTS) is 1. The third-order valence-corrected chi connectivity index (χ3v) is 3.77. The number of ether oxygens (including phenoxy) is 1. The van der Waals surface area contributed by atoms with Crippen molar-refractivity contribution in [1.29, 1.82) is 0 Å². The van der Waals surface area contributed by atoms with E-state index in [2.05, 4.69) is 15.1 Å². The molecule has 3 N–H and O–H groups in total. The first-order valence-electron chi connectivity index (χ1n) is 6.00. The van der Waals surface area contributed by atoms with Gasteiger partial charge in [-0.25, -0.2) is 0 Å². The summed E-state index contributed by atoms with van der Waals surface area (Å²) >= 11 is 1.13. The molecule has 1 saturated heterocycles. The lowest BCUT2D eigenvalue weighted by Crippen LogP contribution is -2.38. The highest BCUT2D eigenvalue weighted by Gasteiger charge is 2.14. The van der Waals surface area contributed by atoms with Crippen LogP contribution >= 0.6 is 11.8 Å². The SMILES string of the molecule is Nc1nnc(SCC(=O)O)n1CCN1CCOCC1. The number of carbonyl (C=O) groups is 1. The van der Waals surface area contributed by atoms with Crippen molar-refractivity contribution in [2.45, 2.75) is 11.7 Å². The van der Waals surface area contributed by atoms with Crippen molar-refractivity contribution in [2.24, 2.45) is 0 Å². The highest BCUT2D eigenvalue weighted by atomic mass is 32.2. The third-order valence-electron chi connectivity index (χ3n) is 2.81. The molecular weight excluding hydrogens is 270 g/mol. The van der Waals surface area contributed by atoms with Crippen LogP contribution in [0.15, 0.2) is 5.16 Å². The van der Waals surface area contributed by atoms with Gasteiger partial charge in [-0.05, 0) is 0 Å². The largest absolute Gasteiger partial charge is 0.481 e. The van der Waals surface area contributed by atoms with Crippen LogP contribution in [0.3, 0.4) is 0 Å². The van der Waals surface area contributed by atoms with E-state index in [9.17, 15) is 4.79 Å². The first kappa shape index (κ1) is 14.1. The molecule has 0 spiro atoms. The summed E-state index contributed by atoms with van der Waals surface area (Å²) in [7, 11) is 0. The van der Waals surface area contributed by atoms with Gasteiger partial charge in [0.1, 0.15) is 0 Å². The first-order valence-corrected chi connectivity index (χ1v) is 6.99. The fourth-order valence-electron chi connectivity index (χ4n) is 1.81. The summed E-state index contributed by atoms with van der Waals surface area (Å²) < 4.78 is 7.03. The van der Waals surface area contributed by atoms with Gasteiger partial charge in [0.15, 0.2) is 5.16 Å². The number of hydrogen-bond acceptors (Lipinski definition) is 7. The monoisotopic (exact) mass is 287 g/mol. The number of hydrogen-bond donors (Lipinski definition) is 2. The Bertz CT molecular complexity index is 433. The maximum absolute atomic E-state index is 10.6. The Kier molecular flexibility index (Phi) is 5.00. The predicted molar refractivity (Wildman–Crippen MR) is 70.1 cm³/mol. The molecule has 1 aromatic heterocycles. The van der Waals surface area contributed by atoms with Crippen LogP contribution < -0.4 is 5.73 Å². The lowest BCUT2D eigenvalue weighted by atomic mass is 10.4. The van der Waals surface area contributed by atoms with Crippen molar-refractivity contribution < 1.29 is 14.6 Å². The summed E-state index contributed by atoms with van der Waals surface area (Å²) in [5, 5.41) is 16.9. The van der Waals surface area contributed by atoms with Crippen LogP contribution in [0.1, 0.15) is 0 Å². The molecular formula is C10H17N5O3S. The standard InChI is InChI=1S/C10H17N5O3S/c11-9-12-13-10(19-7-8(16)17)15(9)2-1-14-3-5-18-6-4-14/h1-7H2,(H2,11,12)(H,16,17). The minimum atomic E-state index is -0.883. The zero-order valence-corrected chi connectivity index (χ0v) is 11.3. The number of nitrogens with zero attached hydrogens (tertiary/aromatic N) is 4. The van der Waals surface area contributed by atoms with Gasteiger partial charge in [0.2, 0.25) is 5.95 Å². The van der Waals surface area contributed by atoms with Crippen LogP contribution in [0.2, 0.25) is 0 Å².